The van der Waals surface area contributed by atoms with Crippen LogP contribution in [0.25, 0.3) is 28.3 Å². The van der Waals surface area contributed by atoms with Gasteiger partial charge in [-0.15, -0.1) is 0 Å². The van der Waals surface area contributed by atoms with Crippen LogP contribution in [0.15, 0.2) is 58.0 Å². The van der Waals surface area contributed by atoms with Gasteiger partial charge in [0.1, 0.15) is 9.84 Å². The molecule has 4 rings (SSSR count). The highest BCUT2D eigenvalue weighted by atomic mass is 32.2. The fourth-order valence-corrected chi connectivity index (χ4v) is 3.46. The first kappa shape index (κ1) is 14.2. The van der Waals surface area contributed by atoms with Gasteiger partial charge < -0.3 is 9.84 Å². The number of fused-ring (bicyclic) bond motifs is 1. The molecule has 1 aromatic heterocycles. The van der Waals surface area contributed by atoms with E-state index in [9.17, 15) is 4.79 Å². The van der Waals surface area contributed by atoms with Gasteiger partial charge >= 0.3 is 0 Å². The van der Waals surface area contributed by atoms with Crippen LogP contribution in [-0.4, -0.2) is 15.4 Å². The second-order valence-corrected chi connectivity index (χ2v) is 6.73. The van der Waals surface area contributed by atoms with Gasteiger partial charge in [0, 0.05) is 5.56 Å². The maximum atomic E-state index is 11.8. The lowest BCUT2D eigenvalue weighted by molar-refractivity contribution is -0.115. The number of hydrogen-bond acceptors (Lipinski definition) is 5. The average Bonchev–Trinajstić information content (AvgIpc) is 3.11. The maximum absolute atomic E-state index is 11.8. The Bertz CT molecular complexity index is 961. The summed E-state index contributed by atoms with van der Waals surface area (Å²) >= 11 is 6.27. The Balaban J connectivity index is 1.80. The molecule has 0 saturated carbocycles. The summed E-state index contributed by atoms with van der Waals surface area (Å²) in [7, 11) is 0. The molecule has 1 N–H and O–H groups in total. The molecule has 6 heteroatoms. The van der Waals surface area contributed by atoms with Crippen molar-refractivity contribution in [2.45, 2.75) is 0 Å². The van der Waals surface area contributed by atoms with Crippen molar-refractivity contribution in [1.82, 2.24) is 10.5 Å². The second-order valence-electron chi connectivity index (χ2n) is 5.01. The van der Waals surface area contributed by atoms with Crippen LogP contribution in [0.1, 0.15) is 5.56 Å². The lowest BCUT2D eigenvalue weighted by Gasteiger charge is -1.98. The van der Waals surface area contributed by atoms with Gasteiger partial charge in [0.25, 0.3) is 5.91 Å². The number of carbonyl (C=O) groups excluding carboxylic acids is 1. The Morgan fingerprint density at radius 2 is 2.00 bits per heavy atom. The van der Waals surface area contributed by atoms with E-state index in [-0.39, 0.29) is 5.91 Å². The monoisotopic (exact) mass is 338 g/mol. The van der Waals surface area contributed by atoms with E-state index in [4.69, 9.17) is 16.7 Å². The van der Waals surface area contributed by atoms with Gasteiger partial charge in [-0.1, -0.05) is 65.5 Å². The van der Waals surface area contributed by atoms with E-state index < -0.39 is 0 Å². The van der Waals surface area contributed by atoms with E-state index >= 15 is 0 Å². The van der Waals surface area contributed by atoms with Gasteiger partial charge in [-0.3, -0.25) is 4.79 Å². The van der Waals surface area contributed by atoms with Gasteiger partial charge in [0.2, 0.25) is 0 Å². The van der Waals surface area contributed by atoms with Crippen molar-refractivity contribution in [3.8, 4) is 11.3 Å². The molecule has 0 bridgehead atoms. The third-order valence-corrected chi connectivity index (χ3v) is 4.64. The average molecular weight is 338 g/mol. The summed E-state index contributed by atoms with van der Waals surface area (Å²) in [5.74, 6) is 0.564. The number of benzene rings is 2. The van der Waals surface area contributed by atoms with Crippen molar-refractivity contribution >= 4 is 51.2 Å². The molecule has 4 nitrogen and oxygen atoms in total. The first-order chi connectivity index (χ1) is 11.2. The van der Waals surface area contributed by atoms with E-state index in [1.165, 1.54) is 11.8 Å². The van der Waals surface area contributed by atoms with Crippen molar-refractivity contribution in [2.75, 3.05) is 0 Å². The summed E-state index contributed by atoms with van der Waals surface area (Å²) in [6, 6.07) is 15.6. The van der Waals surface area contributed by atoms with Gasteiger partial charge in [0.05, 0.1) is 10.3 Å². The zero-order valence-corrected chi connectivity index (χ0v) is 13.4. The quantitative estimate of drug-likeness (QED) is 0.566. The molecule has 0 unspecified atom stereocenters. The Kier molecular flexibility index (Phi) is 3.48. The summed E-state index contributed by atoms with van der Waals surface area (Å²) in [5.41, 5.74) is 2.65. The summed E-state index contributed by atoms with van der Waals surface area (Å²) in [6.07, 6.45) is 1.82. The molecule has 112 valence electrons. The molecule has 1 amide bonds. The van der Waals surface area contributed by atoms with Crippen molar-refractivity contribution in [1.29, 1.82) is 0 Å². The molecule has 3 aromatic rings. The SMILES string of the molecule is O=C1NC(=S)SC1=Cc1ccc2noc(-c3ccccc3)c2c1. The summed E-state index contributed by atoms with van der Waals surface area (Å²) in [6.45, 7) is 0. The van der Waals surface area contributed by atoms with Crippen molar-refractivity contribution < 1.29 is 9.32 Å². The molecule has 2 heterocycles. The van der Waals surface area contributed by atoms with E-state index in [2.05, 4.69) is 10.5 Å². The maximum Gasteiger partial charge on any atom is 0.263 e. The third kappa shape index (κ3) is 2.67. The Morgan fingerprint density at radius 1 is 1.17 bits per heavy atom. The number of nitrogens with one attached hydrogen (secondary N) is 1. The molecule has 1 fully saturated rings. The van der Waals surface area contributed by atoms with Gasteiger partial charge in [-0.05, 0) is 23.8 Å². The third-order valence-electron chi connectivity index (χ3n) is 3.48. The highest BCUT2D eigenvalue weighted by Crippen LogP contribution is 2.31. The molecule has 1 aliphatic rings. The van der Waals surface area contributed by atoms with Crippen molar-refractivity contribution in [2.24, 2.45) is 0 Å². The van der Waals surface area contributed by atoms with Crippen LogP contribution >= 0.6 is 24.0 Å². The zero-order valence-electron chi connectivity index (χ0n) is 11.8. The van der Waals surface area contributed by atoms with E-state index in [1.54, 1.807) is 0 Å². The van der Waals surface area contributed by atoms with Crippen LogP contribution in [0, 0.1) is 0 Å². The molecule has 0 aliphatic carbocycles. The number of carbonyl (C=O) groups is 1. The molecule has 1 saturated heterocycles. The molecule has 2 aromatic carbocycles. The number of hydrogen-bond donors (Lipinski definition) is 1. The smallest absolute Gasteiger partial charge is 0.263 e. The van der Waals surface area contributed by atoms with Crippen molar-refractivity contribution in [3.63, 3.8) is 0 Å². The van der Waals surface area contributed by atoms with Crippen LogP contribution < -0.4 is 5.32 Å². The molecule has 0 radical (unpaired) electrons. The van der Waals surface area contributed by atoms with Crippen LogP contribution in [0.3, 0.4) is 0 Å². The summed E-state index contributed by atoms with van der Waals surface area (Å²) in [5, 5.41) is 7.62. The molecule has 23 heavy (non-hydrogen) atoms. The van der Waals surface area contributed by atoms with Crippen LogP contribution in [-0.2, 0) is 4.79 Å². The molecule has 1 aliphatic heterocycles. The minimum absolute atomic E-state index is 0.159. The second kappa shape index (κ2) is 5.64. The number of amides is 1. The molecular formula is C17H10N2O2S2. The van der Waals surface area contributed by atoms with E-state index in [1.807, 2.05) is 54.6 Å². The number of thiocarbonyl (C=S) groups is 1. The van der Waals surface area contributed by atoms with E-state index in [0.717, 1.165) is 27.8 Å². The molecule has 0 spiro atoms. The summed E-state index contributed by atoms with van der Waals surface area (Å²) < 4.78 is 5.97. The predicted octanol–water partition coefficient (Wildman–Crippen LogP) is 3.98. The lowest BCUT2D eigenvalue weighted by atomic mass is 10.1. The highest BCUT2D eigenvalue weighted by molar-refractivity contribution is 8.26. The normalized spacial score (nSPS) is 16.3. The number of nitrogens with zero attached hydrogens (tertiary/aromatic N) is 1. The first-order valence-electron chi connectivity index (χ1n) is 6.90. The predicted molar refractivity (Wildman–Crippen MR) is 95.8 cm³/mol. The minimum atomic E-state index is -0.159. The first-order valence-corrected chi connectivity index (χ1v) is 8.13. The largest absolute Gasteiger partial charge is 0.355 e. The van der Waals surface area contributed by atoms with Gasteiger partial charge in [0.15, 0.2) is 5.76 Å². The van der Waals surface area contributed by atoms with Crippen LogP contribution in [0.2, 0.25) is 0 Å². The van der Waals surface area contributed by atoms with Gasteiger partial charge in [-0.2, -0.15) is 0 Å². The Hall–Kier alpha value is -2.44. The standard InChI is InChI=1S/C17H10N2O2S2/c20-16-14(23-17(22)18-16)9-10-6-7-13-12(8-10)15(21-19-13)11-4-2-1-3-5-11/h1-9H,(H,18,20,22). The highest BCUT2D eigenvalue weighted by Gasteiger charge is 2.22. The fraction of sp³-hybridized carbons (Fsp3) is 0. The van der Waals surface area contributed by atoms with Crippen LogP contribution in [0.4, 0.5) is 0 Å². The van der Waals surface area contributed by atoms with Crippen LogP contribution in [0.5, 0.6) is 0 Å². The summed E-state index contributed by atoms with van der Waals surface area (Å²) in [4.78, 5) is 12.4. The molecular weight excluding hydrogens is 328 g/mol. The van der Waals surface area contributed by atoms with E-state index in [0.29, 0.717) is 9.23 Å². The minimum Gasteiger partial charge on any atom is -0.355 e. The van der Waals surface area contributed by atoms with Gasteiger partial charge in [-0.25, -0.2) is 0 Å². The number of rotatable bonds is 2. The Morgan fingerprint density at radius 3 is 2.74 bits per heavy atom. The van der Waals surface area contributed by atoms with Crippen molar-refractivity contribution in [3.05, 3.63) is 59.0 Å². The molecule has 0 atom stereocenters. The topological polar surface area (TPSA) is 55.1 Å². The Labute approximate surface area is 141 Å². The number of thioether (sulfide) groups is 1. The fourth-order valence-electron chi connectivity index (χ4n) is 2.42. The number of aromatic nitrogens is 1. The zero-order chi connectivity index (χ0) is 15.8. The lowest BCUT2D eigenvalue weighted by Crippen LogP contribution is -2.17.